The molecule has 3 rings (SSSR count). The lowest BCUT2D eigenvalue weighted by Gasteiger charge is -2.37. The Morgan fingerprint density at radius 2 is 2.09 bits per heavy atom. The molecule has 0 saturated heterocycles. The van der Waals surface area contributed by atoms with E-state index in [9.17, 15) is 18.0 Å². The number of nitrogens with one attached hydrogen (secondary N) is 1. The predicted octanol–water partition coefficient (Wildman–Crippen LogP) is 3.58. The highest BCUT2D eigenvalue weighted by atomic mass is 32.1. The molecule has 0 saturated carbocycles. The van der Waals surface area contributed by atoms with Crippen LogP contribution in [0.15, 0.2) is 29.6 Å². The minimum atomic E-state index is -4.48. The van der Waals surface area contributed by atoms with Crippen LogP contribution >= 0.6 is 11.3 Å². The minimum Gasteiger partial charge on any atom is -0.359 e. The third-order valence-corrected chi connectivity index (χ3v) is 4.08. The van der Waals surface area contributed by atoms with Crippen molar-refractivity contribution in [2.75, 3.05) is 11.9 Å². The molecule has 0 bridgehead atoms. The van der Waals surface area contributed by atoms with Crippen LogP contribution in [0.5, 0.6) is 0 Å². The van der Waals surface area contributed by atoms with Gasteiger partial charge in [0.05, 0.1) is 16.3 Å². The first-order valence-corrected chi connectivity index (χ1v) is 7.38. The number of carbonyl (C=O) groups is 1. The Morgan fingerprint density at radius 1 is 1.36 bits per heavy atom. The number of nitrogens with zero attached hydrogens (tertiary/aromatic N) is 2. The average Bonchev–Trinajstić information content (AvgIpc) is 2.87. The molecule has 8 heteroatoms. The number of halogens is 3. The molecule has 1 N–H and O–H groups in total. The van der Waals surface area contributed by atoms with Crippen molar-refractivity contribution >= 4 is 22.9 Å². The van der Waals surface area contributed by atoms with Crippen LogP contribution < -0.4 is 5.32 Å². The van der Waals surface area contributed by atoms with Crippen LogP contribution in [0.1, 0.15) is 27.2 Å². The molecule has 0 spiro atoms. The number of fused-ring (bicyclic) bond motifs is 1. The minimum absolute atomic E-state index is 0.231. The molecule has 0 unspecified atom stereocenters. The maximum Gasteiger partial charge on any atom is 0.406 e. The molecule has 2 aromatic rings. The van der Waals surface area contributed by atoms with Crippen LogP contribution in [0.4, 0.5) is 18.9 Å². The molecule has 1 atom stereocenters. The number of alkyl halides is 3. The Bertz CT molecular complexity index is 713. The van der Waals surface area contributed by atoms with Crippen LogP contribution in [0.25, 0.3) is 0 Å². The number of benzene rings is 1. The van der Waals surface area contributed by atoms with E-state index in [1.165, 1.54) is 17.4 Å². The fourth-order valence-electron chi connectivity index (χ4n) is 2.39. The van der Waals surface area contributed by atoms with Gasteiger partial charge in [0.15, 0.2) is 0 Å². The summed E-state index contributed by atoms with van der Waals surface area (Å²) in [5.74, 6) is -0.651. The Morgan fingerprint density at radius 3 is 2.73 bits per heavy atom. The van der Waals surface area contributed by atoms with Gasteiger partial charge in [0.1, 0.15) is 12.7 Å². The van der Waals surface area contributed by atoms with E-state index in [0.29, 0.717) is 11.4 Å². The number of rotatable bonds is 2. The van der Waals surface area contributed by atoms with E-state index in [1.54, 1.807) is 30.5 Å². The van der Waals surface area contributed by atoms with E-state index in [2.05, 4.69) is 10.3 Å². The zero-order valence-corrected chi connectivity index (χ0v) is 12.3. The van der Waals surface area contributed by atoms with Gasteiger partial charge in [-0.25, -0.2) is 4.98 Å². The summed E-state index contributed by atoms with van der Waals surface area (Å²) in [7, 11) is 0. The molecule has 4 nitrogen and oxygen atoms in total. The summed E-state index contributed by atoms with van der Waals surface area (Å²) in [6, 6.07) is 6.53. The highest BCUT2D eigenvalue weighted by Gasteiger charge is 2.41. The first-order chi connectivity index (χ1) is 10.3. The number of carbonyl (C=O) groups excluding carboxylic acids is 1. The molecule has 22 heavy (non-hydrogen) atoms. The maximum atomic E-state index is 12.8. The van der Waals surface area contributed by atoms with Gasteiger partial charge in [-0.3, -0.25) is 4.79 Å². The standard InChI is InChI=1S/C14H12F3N3OS/c1-8-18-11(6-22-8)12-19-10-5-3-2-4-9(10)13(21)20(12)7-14(15,16)17/h2-6,12,19H,7H2,1H3/t12-/m0/s1. The number of aryl methyl sites for hydroxylation is 1. The van der Waals surface area contributed by atoms with E-state index in [-0.39, 0.29) is 5.56 Å². The summed E-state index contributed by atoms with van der Waals surface area (Å²) in [5, 5.41) is 5.37. The molecule has 1 amide bonds. The van der Waals surface area contributed by atoms with Gasteiger partial charge in [-0.2, -0.15) is 13.2 Å². The highest BCUT2D eigenvalue weighted by Crippen LogP contribution is 2.35. The van der Waals surface area contributed by atoms with Crippen molar-refractivity contribution in [3.8, 4) is 0 Å². The quantitative estimate of drug-likeness (QED) is 0.917. The van der Waals surface area contributed by atoms with Crippen molar-refractivity contribution in [3.05, 3.63) is 45.9 Å². The normalized spacial score (nSPS) is 18.1. The monoisotopic (exact) mass is 327 g/mol. The lowest BCUT2D eigenvalue weighted by atomic mass is 10.1. The average molecular weight is 327 g/mol. The number of para-hydroxylation sites is 1. The number of hydrogen-bond acceptors (Lipinski definition) is 4. The van der Waals surface area contributed by atoms with Crippen LogP contribution in [0.2, 0.25) is 0 Å². The Kier molecular flexibility index (Phi) is 3.56. The number of anilines is 1. The van der Waals surface area contributed by atoms with E-state index in [4.69, 9.17) is 0 Å². The molecule has 1 aliphatic rings. The molecule has 0 fully saturated rings. The molecule has 1 aromatic heterocycles. The smallest absolute Gasteiger partial charge is 0.359 e. The molecule has 1 aliphatic heterocycles. The number of thiazole rings is 1. The van der Waals surface area contributed by atoms with Crippen molar-refractivity contribution in [2.24, 2.45) is 0 Å². The summed E-state index contributed by atoms with van der Waals surface area (Å²) in [5.41, 5.74) is 1.16. The third-order valence-electron chi connectivity index (χ3n) is 3.29. The first kappa shape index (κ1) is 14.8. The van der Waals surface area contributed by atoms with Crippen molar-refractivity contribution in [2.45, 2.75) is 19.3 Å². The largest absolute Gasteiger partial charge is 0.406 e. The van der Waals surface area contributed by atoms with E-state index < -0.39 is 24.8 Å². The van der Waals surface area contributed by atoms with Crippen molar-refractivity contribution in [3.63, 3.8) is 0 Å². The van der Waals surface area contributed by atoms with Gasteiger partial charge in [-0.05, 0) is 19.1 Å². The fraction of sp³-hybridized carbons (Fsp3) is 0.286. The maximum absolute atomic E-state index is 12.8. The second-order valence-electron chi connectivity index (χ2n) is 4.93. The first-order valence-electron chi connectivity index (χ1n) is 6.50. The van der Waals surface area contributed by atoms with Gasteiger partial charge >= 0.3 is 6.18 Å². The van der Waals surface area contributed by atoms with Crippen molar-refractivity contribution in [1.82, 2.24) is 9.88 Å². The Hall–Kier alpha value is -2.09. The second-order valence-corrected chi connectivity index (χ2v) is 5.99. The van der Waals surface area contributed by atoms with Crippen molar-refractivity contribution in [1.29, 1.82) is 0 Å². The number of hydrogen-bond donors (Lipinski definition) is 1. The Balaban J connectivity index is 2.04. The summed E-state index contributed by atoms with van der Waals surface area (Å²) in [4.78, 5) is 17.4. The van der Waals surface area contributed by atoms with Gasteiger partial charge in [0.2, 0.25) is 0 Å². The SMILES string of the molecule is Cc1nc([C@H]2Nc3ccccc3C(=O)N2CC(F)(F)F)cs1. The van der Waals surface area contributed by atoms with Crippen LogP contribution in [-0.4, -0.2) is 28.5 Å². The van der Waals surface area contributed by atoms with Crippen molar-refractivity contribution < 1.29 is 18.0 Å². The summed E-state index contributed by atoms with van der Waals surface area (Å²) < 4.78 is 38.5. The lowest BCUT2D eigenvalue weighted by molar-refractivity contribution is -0.144. The number of aromatic nitrogens is 1. The summed E-state index contributed by atoms with van der Waals surface area (Å²) >= 11 is 1.33. The summed E-state index contributed by atoms with van der Waals surface area (Å²) in [6.45, 7) is 0.440. The highest BCUT2D eigenvalue weighted by molar-refractivity contribution is 7.09. The van der Waals surface area contributed by atoms with Gasteiger partial charge in [0, 0.05) is 11.1 Å². The van der Waals surface area contributed by atoms with E-state index in [0.717, 1.165) is 9.91 Å². The molecule has 1 aromatic carbocycles. The van der Waals surface area contributed by atoms with Crippen LogP contribution in [0, 0.1) is 6.92 Å². The fourth-order valence-corrected chi connectivity index (χ4v) is 3.02. The van der Waals surface area contributed by atoms with E-state index >= 15 is 0 Å². The predicted molar refractivity (Wildman–Crippen MR) is 76.7 cm³/mol. The molecule has 0 aliphatic carbocycles. The second kappa shape index (κ2) is 5.28. The molecule has 116 valence electrons. The van der Waals surface area contributed by atoms with Gasteiger partial charge in [-0.1, -0.05) is 12.1 Å². The number of amides is 1. The van der Waals surface area contributed by atoms with Crippen LogP contribution in [0.3, 0.4) is 0 Å². The zero-order chi connectivity index (χ0) is 15.9. The summed E-state index contributed by atoms with van der Waals surface area (Å²) in [6.07, 6.45) is -5.40. The van der Waals surface area contributed by atoms with Gasteiger partial charge < -0.3 is 10.2 Å². The molecular formula is C14H12F3N3OS. The van der Waals surface area contributed by atoms with Gasteiger partial charge in [0.25, 0.3) is 5.91 Å². The topological polar surface area (TPSA) is 45.2 Å². The molecule has 2 heterocycles. The lowest BCUT2D eigenvalue weighted by Crippen LogP contribution is -2.47. The third kappa shape index (κ3) is 2.78. The molecular weight excluding hydrogens is 315 g/mol. The Labute approximate surface area is 128 Å². The van der Waals surface area contributed by atoms with Crippen LogP contribution in [-0.2, 0) is 0 Å². The zero-order valence-electron chi connectivity index (χ0n) is 11.5. The van der Waals surface area contributed by atoms with Gasteiger partial charge in [-0.15, -0.1) is 11.3 Å². The van der Waals surface area contributed by atoms with E-state index in [1.807, 2.05) is 0 Å². The molecule has 0 radical (unpaired) electrons.